The van der Waals surface area contributed by atoms with E-state index < -0.39 is 43.1 Å². The second-order valence-corrected chi connectivity index (χ2v) is 11.8. The number of sulfonamides is 1. The van der Waals surface area contributed by atoms with Crippen LogP contribution in [0.15, 0.2) is 24.3 Å². The van der Waals surface area contributed by atoms with Crippen LogP contribution in [0.1, 0.15) is 30.6 Å². The van der Waals surface area contributed by atoms with Crippen molar-refractivity contribution < 1.29 is 26.4 Å². The van der Waals surface area contributed by atoms with Crippen LogP contribution in [-0.4, -0.2) is 63.9 Å². The lowest BCUT2D eigenvalue weighted by molar-refractivity contribution is -0.123. The van der Waals surface area contributed by atoms with E-state index in [-0.39, 0.29) is 28.5 Å². The molecule has 1 aromatic rings. The minimum Gasteiger partial charge on any atom is -0.338 e. The van der Waals surface area contributed by atoms with E-state index >= 15 is 0 Å². The van der Waals surface area contributed by atoms with Gasteiger partial charge in [0, 0.05) is 18.7 Å². The number of hydrogen-bond acceptors (Lipinski definition) is 6. The van der Waals surface area contributed by atoms with Crippen LogP contribution >= 0.6 is 0 Å². The van der Waals surface area contributed by atoms with Crippen molar-refractivity contribution in [3.8, 4) is 0 Å². The molecule has 2 aliphatic rings. The van der Waals surface area contributed by atoms with E-state index in [1.807, 2.05) is 0 Å². The quantitative estimate of drug-likeness (QED) is 0.718. The molecule has 0 unspecified atom stereocenters. The first kappa shape index (κ1) is 19.8. The van der Waals surface area contributed by atoms with Crippen LogP contribution in [0.5, 0.6) is 0 Å². The Bertz CT molecular complexity index is 1010. The second-order valence-electron chi connectivity index (χ2n) is 7.73. The zero-order chi connectivity index (χ0) is 20.2. The summed E-state index contributed by atoms with van der Waals surface area (Å²) >= 11 is 0. The summed E-state index contributed by atoms with van der Waals surface area (Å²) in [6, 6.07) is 5.44. The normalized spacial score (nSPS) is 25.5. The Kier molecular flexibility index (Phi) is 4.62. The van der Waals surface area contributed by atoms with Gasteiger partial charge in [-0.3, -0.25) is 9.59 Å². The first-order valence-corrected chi connectivity index (χ1v) is 11.9. The summed E-state index contributed by atoms with van der Waals surface area (Å²) in [5, 5.41) is 0. The van der Waals surface area contributed by atoms with Gasteiger partial charge in [0.2, 0.25) is 15.9 Å². The largest absolute Gasteiger partial charge is 0.338 e. The molecule has 148 valence electrons. The number of carbonyl (C=O) groups excluding carboxylic acids is 2. The smallest absolute Gasteiger partial charge is 0.253 e. The summed E-state index contributed by atoms with van der Waals surface area (Å²) in [6.45, 7) is 3.13. The average Bonchev–Trinajstić information content (AvgIpc) is 2.99. The lowest BCUT2D eigenvalue weighted by Gasteiger charge is -2.24. The van der Waals surface area contributed by atoms with Gasteiger partial charge in [-0.05, 0) is 38.5 Å². The third-order valence-corrected chi connectivity index (χ3v) is 8.76. The minimum absolute atomic E-state index is 0.0466. The summed E-state index contributed by atoms with van der Waals surface area (Å²) in [5.74, 6) is -1.28. The van der Waals surface area contributed by atoms with Crippen LogP contribution in [0.25, 0.3) is 0 Å². The van der Waals surface area contributed by atoms with Crippen molar-refractivity contribution in [3.05, 3.63) is 29.8 Å². The Morgan fingerprint density at radius 1 is 1.22 bits per heavy atom. The number of anilines is 1. The van der Waals surface area contributed by atoms with E-state index in [0.29, 0.717) is 6.42 Å². The highest BCUT2D eigenvalue weighted by molar-refractivity contribution is 7.94. The van der Waals surface area contributed by atoms with Gasteiger partial charge in [0.05, 0.1) is 28.4 Å². The summed E-state index contributed by atoms with van der Waals surface area (Å²) in [4.78, 5) is 26.7. The fraction of sp³-hybridized carbons (Fsp3) is 0.529. The zero-order valence-corrected chi connectivity index (χ0v) is 17.0. The SMILES string of the molecule is CN(C(=O)c1cccc(N2C(=O)C(C)(C)CS2(=O)=O)c1)[C@@H]1CCS(=O)(=O)C1. The molecule has 0 aliphatic carbocycles. The molecule has 0 bridgehead atoms. The summed E-state index contributed by atoms with van der Waals surface area (Å²) < 4.78 is 48.9. The molecule has 27 heavy (non-hydrogen) atoms. The maximum Gasteiger partial charge on any atom is 0.253 e. The topological polar surface area (TPSA) is 109 Å². The second kappa shape index (κ2) is 6.30. The molecule has 1 atom stereocenters. The number of hydrogen-bond donors (Lipinski definition) is 0. The van der Waals surface area contributed by atoms with Crippen LogP contribution < -0.4 is 4.31 Å². The van der Waals surface area contributed by atoms with Crippen molar-refractivity contribution >= 4 is 37.4 Å². The van der Waals surface area contributed by atoms with Crippen molar-refractivity contribution in [1.82, 2.24) is 4.90 Å². The Morgan fingerprint density at radius 3 is 2.41 bits per heavy atom. The van der Waals surface area contributed by atoms with Gasteiger partial charge in [0.25, 0.3) is 5.91 Å². The van der Waals surface area contributed by atoms with Crippen molar-refractivity contribution in [1.29, 1.82) is 0 Å². The number of rotatable bonds is 3. The first-order chi connectivity index (χ1) is 12.3. The molecular formula is C17H22N2O6S2. The van der Waals surface area contributed by atoms with E-state index in [4.69, 9.17) is 0 Å². The van der Waals surface area contributed by atoms with Crippen molar-refractivity contribution in [2.75, 3.05) is 28.6 Å². The number of nitrogens with zero attached hydrogens (tertiary/aromatic N) is 2. The molecule has 0 radical (unpaired) electrons. The van der Waals surface area contributed by atoms with Gasteiger partial charge in [-0.15, -0.1) is 0 Å². The summed E-state index contributed by atoms with van der Waals surface area (Å²) in [5.41, 5.74) is -0.718. The number of benzene rings is 1. The minimum atomic E-state index is -3.81. The van der Waals surface area contributed by atoms with Crippen LogP contribution in [0.3, 0.4) is 0 Å². The molecule has 2 amide bonds. The van der Waals surface area contributed by atoms with Gasteiger partial charge in [-0.25, -0.2) is 21.1 Å². The molecule has 0 aromatic heterocycles. The highest BCUT2D eigenvalue weighted by atomic mass is 32.2. The molecule has 1 aromatic carbocycles. The van der Waals surface area contributed by atoms with Crippen LogP contribution in [0.2, 0.25) is 0 Å². The van der Waals surface area contributed by atoms with Crippen molar-refractivity contribution in [2.45, 2.75) is 26.3 Å². The molecule has 3 rings (SSSR count). The van der Waals surface area contributed by atoms with Gasteiger partial charge < -0.3 is 4.90 Å². The summed E-state index contributed by atoms with van der Waals surface area (Å²) in [6.07, 6.45) is 0.372. The van der Waals surface area contributed by atoms with Gasteiger partial charge in [-0.2, -0.15) is 0 Å². The van der Waals surface area contributed by atoms with Crippen LogP contribution in [0, 0.1) is 5.41 Å². The fourth-order valence-electron chi connectivity index (χ4n) is 3.48. The molecular weight excluding hydrogens is 392 g/mol. The molecule has 2 aliphatic heterocycles. The average molecular weight is 415 g/mol. The van der Waals surface area contributed by atoms with E-state index in [0.717, 1.165) is 4.31 Å². The molecule has 2 saturated heterocycles. The number of carbonyl (C=O) groups is 2. The van der Waals surface area contributed by atoms with E-state index in [1.54, 1.807) is 13.8 Å². The molecule has 2 fully saturated rings. The van der Waals surface area contributed by atoms with Crippen LogP contribution in [-0.2, 0) is 24.7 Å². The lowest BCUT2D eigenvalue weighted by atomic mass is 9.95. The Morgan fingerprint density at radius 2 is 1.89 bits per heavy atom. The van der Waals surface area contributed by atoms with Crippen molar-refractivity contribution in [2.24, 2.45) is 5.41 Å². The highest BCUT2D eigenvalue weighted by Crippen LogP contribution is 2.36. The number of sulfone groups is 1. The van der Waals surface area contributed by atoms with Gasteiger partial charge in [0.1, 0.15) is 0 Å². The maximum atomic E-state index is 12.8. The predicted molar refractivity (Wildman–Crippen MR) is 101 cm³/mol. The highest BCUT2D eigenvalue weighted by Gasteiger charge is 2.50. The third kappa shape index (κ3) is 3.60. The third-order valence-electron chi connectivity index (χ3n) is 4.99. The van der Waals surface area contributed by atoms with Crippen LogP contribution in [0.4, 0.5) is 5.69 Å². The van der Waals surface area contributed by atoms with E-state index in [9.17, 15) is 26.4 Å². The first-order valence-electron chi connectivity index (χ1n) is 8.49. The molecule has 0 N–H and O–H groups in total. The zero-order valence-electron chi connectivity index (χ0n) is 15.4. The predicted octanol–water partition coefficient (Wildman–Crippen LogP) is 0.648. The molecule has 8 nitrogen and oxygen atoms in total. The molecule has 10 heteroatoms. The molecule has 2 heterocycles. The number of amides is 2. The Labute approximate surface area is 159 Å². The lowest BCUT2D eigenvalue weighted by Crippen LogP contribution is -2.38. The standard InChI is InChI=1S/C17H22N2O6S2/c1-17(2)11-27(24,25)19(16(17)21)13-6-4-5-12(9-13)15(20)18(3)14-7-8-26(22,23)10-14/h4-6,9,14H,7-8,10-11H2,1-3H3/t14-/m1/s1. The molecule has 0 saturated carbocycles. The van der Waals surface area contributed by atoms with E-state index in [1.165, 1.54) is 36.2 Å². The monoisotopic (exact) mass is 414 g/mol. The Balaban J connectivity index is 1.90. The van der Waals surface area contributed by atoms with Crippen molar-refractivity contribution in [3.63, 3.8) is 0 Å². The molecule has 0 spiro atoms. The fourth-order valence-corrected chi connectivity index (χ4v) is 7.35. The van der Waals surface area contributed by atoms with E-state index in [2.05, 4.69) is 0 Å². The Hall–Kier alpha value is -1.94. The van der Waals surface area contributed by atoms with Gasteiger partial charge in [-0.1, -0.05) is 6.07 Å². The van der Waals surface area contributed by atoms with Gasteiger partial charge in [0.15, 0.2) is 9.84 Å². The summed E-state index contributed by atoms with van der Waals surface area (Å²) in [7, 11) is -5.42. The maximum absolute atomic E-state index is 12.8. The van der Waals surface area contributed by atoms with Gasteiger partial charge >= 0.3 is 0 Å².